The molecule has 0 radical (unpaired) electrons. The van der Waals surface area contributed by atoms with Crippen molar-refractivity contribution in [3.05, 3.63) is 24.3 Å². The molecule has 2 unspecified atom stereocenters. The van der Waals surface area contributed by atoms with Crippen LogP contribution in [-0.4, -0.2) is 24.7 Å². The summed E-state index contributed by atoms with van der Waals surface area (Å²) >= 11 is 0. The van der Waals surface area contributed by atoms with Crippen LogP contribution in [0.15, 0.2) is 24.3 Å². The Morgan fingerprint density at radius 2 is 2.27 bits per heavy atom. The largest absolute Gasteiger partial charge is 0.362 e. The zero-order chi connectivity index (χ0) is 7.68. The van der Waals surface area contributed by atoms with Crippen LogP contribution >= 0.6 is 0 Å². The molecular formula is C8H9NO2. The highest BCUT2D eigenvalue weighted by atomic mass is 16.5. The number of carbonyl (C=O) groups is 1. The van der Waals surface area contributed by atoms with E-state index in [2.05, 4.69) is 5.32 Å². The quantitative estimate of drug-likeness (QED) is 0.529. The first-order chi connectivity index (χ1) is 5.36. The lowest BCUT2D eigenvalue weighted by Gasteiger charge is -2.29. The maximum atomic E-state index is 10.8. The minimum Gasteiger partial charge on any atom is -0.362 e. The molecule has 0 aromatic heterocycles. The highest BCUT2D eigenvalue weighted by molar-refractivity contribution is 5.78. The summed E-state index contributed by atoms with van der Waals surface area (Å²) in [5, 5.41) is 2.82. The molecular weight excluding hydrogens is 142 g/mol. The van der Waals surface area contributed by atoms with E-state index in [9.17, 15) is 4.79 Å². The van der Waals surface area contributed by atoms with Gasteiger partial charge < -0.3 is 10.1 Å². The number of hydrogen-bond acceptors (Lipinski definition) is 2. The van der Waals surface area contributed by atoms with Gasteiger partial charge in [-0.25, -0.2) is 0 Å². The predicted molar refractivity (Wildman–Crippen MR) is 40.0 cm³/mol. The Morgan fingerprint density at radius 1 is 1.45 bits per heavy atom. The summed E-state index contributed by atoms with van der Waals surface area (Å²) in [6, 6.07) is 0.0428. The molecule has 11 heavy (non-hydrogen) atoms. The van der Waals surface area contributed by atoms with Gasteiger partial charge in [0.05, 0.1) is 6.04 Å². The van der Waals surface area contributed by atoms with Crippen molar-refractivity contribution in [1.82, 2.24) is 5.32 Å². The number of carbonyl (C=O) groups excluding carboxylic acids is 1. The molecule has 3 heteroatoms. The molecule has 1 N–H and O–H groups in total. The van der Waals surface area contributed by atoms with Gasteiger partial charge >= 0.3 is 0 Å². The lowest BCUT2D eigenvalue weighted by molar-refractivity contribution is -0.133. The number of hydrogen-bond donors (Lipinski definition) is 1. The maximum Gasteiger partial charge on any atom is 0.246 e. The average Bonchev–Trinajstić information content (AvgIpc) is 2.04. The van der Waals surface area contributed by atoms with Gasteiger partial charge in [-0.05, 0) is 0 Å². The first-order valence-corrected chi connectivity index (χ1v) is 3.62. The fourth-order valence-corrected chi connectivity index (χ4v) is 1.28. The average molecular weight is 151 g/mol. The molecule has 0 saturated carbocycles. The molecule has 58 valence electrons. The second-order valence-electron chi connectivity index (χ2n) is 2.64. The van der Waals surface area contributed by atoms with Gasteiger partial charge in [0.1, 0.15) is 12.7 Å². The minimum absolute atomic E-state index is 0.0359. The first kappa shape index (κ1) is 6.61. The van der Waals surface area contributed by atoms with Crippen molar-refractivity contribution < 1.29 is 9.53 Å². The van der Waals surface area contributed by atoms with E-state index in [-0.39, 0.29) is 24.7 Å². The Kier molecular flexibility index (Phi) is 1.51. The van der Waals surface area contributed by atoms with E-state index in [4.69, 9.17) is 4.74 Å². The molecule has 1 amide bonds. The van der Waals surface area contributed by atoms with Crippen LogP contribution in [0.1, 0.15) is 0 Å². The Labute approximate surface area is 64.7 Å². The third-order valence-electron chi connectivity index (χ3n) is 1.82. The molecule has 1 heterocycles. The van der Waals surface area contributed by atoms with Crippen molar-refractivity contribution in [2.45, 2.75) is 12.1 Å². The van der Waals surface area contributed by atoms with Crippen molar-refractivity contribution in [3.8, 4) is 0 Å². The standard InChI is InChI=1S/C8H9NO2/c10-8-5-11-7-4-2-1-3-6(7)9-8/h1-4,6-7H,5H2,(H,9,10). The van der Waals surface area contributed by atoms with Crippen LogP contribution < -0.4 is 5.32 Å². The van der Waals surface area contributed by atoms with Crippen molar-refractivity contribution in [2.75, 3.05) is 6.61 Å². The molecule has 2 atom stereocenters. The minimum atomic E-state index is -0.0359. The van der Waals surface area contributed by atoms with Crippen molar-refractivity contribution in [1.29, 1.82) is 0 Å². The van der Waals surface area contributed by atoms with E-state index in [1.165, 1.54) is 0 Å². The third-order valence-corrected chi connectivity index (χ3v) is 1.82. The predicted octanol–water partition coefficient (Wildman–Crippen LogP) is -0.00400. The van der Waals surface area contributed by atoms with Gasteiger partial charge in [0.15, 0.2) is 0 Å². The van der Waals surface area contributed by atoms with Gasteiger partial charge in [-0.2, -0.15) is 0 Å². The summed E-state index contributed by atoms with van der Waals surface area (Å²) in [5.41, 5.74) is 0. The van der Waals surface area contributed by atoms with E-state index in [0.717, 1.165) is 0 Å². The molecule has 2 aliphatic rings. The smallest absolute Gasteiger partial charge is 0.246 e. The monoisotopic (exact) mass is 151 g/mol. The molecule has 0 bridgehead atoms. The molecule has 1 fully saturated rings. The molecule has 2 rings (SSSR count). The Balaban J connectivity index is 2.12. The summed E-state index contributed by atoms with van der Waals surface area (Å²) in [6.07, 6.45) is 7.76. The Hall–Kier alpha value is -1.09. The Bertz CT molecular complexity index is 232. The van der Waals surface area contributed by atoms with Crippen molar-refractivity contribution in [3.63, 3.8) is 0 Å². The van der Waals surface area contributed by atoms with Gasteiger partial charge in [-0.15, -0.1) is 0 Å². The summed E-state index contributed by atoms with van der Waals surface area (Å²) in [6.45, 7) is 0.180. The summed E-state index contributed by atoms with van der Waals surface area (Å²) in [5.74, 6) is -0.0359. The molecule has 1 aliphatic carbocycles. The summed E-state index contributed by atoms with van der Waals surface area (Å²) in [4.78, 5) is 10.8. The second kappa shape index (κ2) is 2.51. The van der Waals surface area contributed by atoms with E-state index < -0.39 is 0 Å². The number of amides is 1. The van der Waals surface area contributed by atoms with Gasteiger partial charge in [0.2, 0.25) is 5.91 Å². The number of ether oxygens (including phenoxy) is 1. The molecule has 1 saturated heterocycles. The highest BCUT2D eigenvalue weighted by Crippen LogP contribution is 2.11. The molecule has 0 spiro atoms. The van der Waals surface area contributed by atoms with Crippen molar-refractivity contribution >= 4 is 5.91 Å². The molecule has 3 nitrogen and oxygen atoms in total. The van der Waals surface area contributed by atoms with Crippen LogP contribution in [-0.2, 0) is 9.53 Å². The van der Waals surface area contributed by atoms with Crippen LogP contribution in [0, 0.1) is 0 Å². The van der Waals surface area contributed by atoms with Gasteiger partial charge in [-0.1, -0.05) is 24.3 Å². The SMILES string of the molecule is O=C1COC2C=CC=CC2N1. The normalized spacial score (nSPS) is 34.7. The van der Waals surface area contributed by atoms with Crippen LogP contribution in [0.3, 0.4) is 0 Å². The molecule has 1 aliphatic heterocycles. The number of morpholine rings is 1. The van der Waals surface area contributed by atoms with E-state index in [0.29, 0.717) is 0 Å². The number of nitrogens with one attached hydrogen (secondary N) is 1. The van der Waals surface area contributed by atoms with E-state index in [1.807, 2.05) is 24.3 Å². The maximum absolute atomic E-state index is 10.8. The van der Waals surface area contributed by atoms with Gasteiger partial charge in [0, 0.05) is 0 Å². The van der Waals surface area contributed by atoms with Crippen LogP contribution in [0.4, 0.5) is 0 Å². The van der Waals surface area contributed by atoms with Gasteiger partial charge in [-0.3, -0.25) is 4.79 Å². The zero-order valence-corrected chi connectivity index (χ0v) is 5.99. The van der Waals surface area contributed by atoms with Crippen LogP contribution in [0.25, 0.3) is 0 Å². The van der Waals surface area contributed by atoms with Crippen molar-refractivity contribution in [2.24, 2.45) is 0 Å². The Morgan fingerprint density at radius 3 is 3.18 bits per heavy atom. The highest BCUT2D eigenvalue weighted by Gasteiger charge is 2.26. The second-order valence-corrected chi connectivity index (χ2v) is 2.64. The number of rotatable bonds is 0. The van der Waals surface area contributed by atoms with Gasteiger partial charge in [0.25, 0.3) is 0 Å². The fraction of sp³-hybridized carbons (Fsp3) is 0.375. The fourth-order valence-electron chi connectivity index (χ4n) is 1.28. The lowest BCUT2D eigenvalue weighted by Crippen LogP contribution is -2.50. The topological polar surface area (TPSA) is 38.3 Å². The molecule has 0 aromatic rings. The van der Waals surface area contributed by atoms with Crippen LogP contribution in [0.2, 0.25) is 0 Å². The molecule has 0 aromatic carbocycles. The first-order valence-electron chi connectivity index (χ1n) is 3.62. The zero-order valence-electron chi connectivity index (χ0n) is 5.99. The van der Waals surface area contributed by atoms with E-state index >= 15 is 0 Å². The summed E-state index contributed by atoms with van der Waals surface area (Å²) < 4.78 is 5.24. The van der Waals surface area contributed by atoms with Crippen LogP contribution in [0.5, 0.6) is 0 Å². The lowest BCUT2D eigenvalue weighted by atomic mass is 10.0. The number of fused-ring (bicyclic) bond motifs is 1. The van der Waals surface area contributed by atoms with E-state index in [1.54, 1.807) is 0 Å². The number of allylic oxidation sites excluding steroid dienone is 2. The third kappa shape index (κ3) is 1.19. The summed E-state index contributed by atoms with van der Waals surface area (Å²) in [7, 11) is 0.